The van der Waals surface area contributed by atoms with Crippen LogP contribution >= 0.6 is 23.4 Å². The molecule has 0 fully saturated rings. The van der Waals surface area contributed by atoms with Gasteiger partial charge in [0, 0.05) is 12.3 Å². The van der Waals surface area contributed by atoms with Crippen LogP contribution in [-0.2, 0) is 0 Å². The van der Waals surface area contributed by atoms with Crippen LogP contribution in [0.1, 0.15) is 20.7 Å². The minimum Gasteiger partial charge on any atom is -0.495 e. The minimum atomic E-state index is -0.313. The summed E-state index contributed by atoms with van der Waals surface area (Å²) in [5.74, 6) is 0.228. The molecule has 1 aromatic heterocycles. The molecule has 0 saturated heterocycles. The lowest BCUT2D eigenvalue weighted by molar-refractivity contribution is 0.0664. The number of aromatic nitrogens is 2. The number of carbonyl (C=O) groups is 2. The molecule has 34 heavy (non-hydrogen) atoms. The molecular formula is C25H18ClN3O4S. The van der Waals surface area contributed by atoms with Crippen LogP contribution in [0, 0.1) is 0 Å². The van der Waals surface area contributed by atoms with E-state index in [0.29, 0.717) is 49.4 Å². The van der Waals surface area contributed by atoms with E-state index in [1.54, 1.807) is 60.7 Å². The Hall–Kier alpha value is -3.62. The van der Waals surface area contributed by atoms with Crippen LogP contribution in [0.4, 0.5) is 0 Å². The van der Waals surface area contributed by atoms with Crippen LogP contribution in [0.3, 0.4) is 0 Å². The first-order valence-corrected chi connectivity index (χ1v) is 11.8. The van der Waals surface area contributed by atoms with Gasteiger partial charge in [-0.25, -0.2) is 4.98 Å². The molecule has 5 rings (SSSR count). The van der Waals surface area contributed by atoms with Crippen molar-refractivity contribution in [3.63, 3.8) is 0 Å². The molecule has 1 aliphatic rings. The van der Waals surface area contributed by atoms with E-state index < -0.39 is 0 Å². The van der Waals surface area contributed by atoms with Gasteiger partial charge in [0.2, 0.25) is 0 Å². The van der Waals surface area contributed by atoms with Crippen LogP contribution < -0.4 is 10.3 Å². The highest BCUT2D eigenvalue weighted by Crippen LogP contribution is 2.29. The highest BCUT2D eigenvalue weighted by molar-refractivity contribution is 7.99. The number of hydrogen-bond donors (Lipinski definition) is 0. The normalized spacial score (nSPS) is 12.9. The van der Waals surface area contributed by atoms with E-state index in [1.807, 2.05) is 6.07 Å². The maximum Gasteiger partial charge on any atom is 0.266 e. The quantitative estimate of drug-likeness (QED) is 0.225. The standard InChI is InChI=1S/C25H18ClN3O4S/c1-33-21-11-10-15(14-19(21)26)29-24(32)18-8-4-5-9-20(18)27-25(29)34-13-12-28-22(30)16-6-2-3-7-17(16)23(28)31/h2-11,14H,12-13H2,1H3. The van der Waals surface area contributed by atoms with Crippen LogP contribution in [0.15, 0.2) is 76.7 Å². The Morgan fingerprint density at radius 2 is 1.62 bits per heavy atom. The number of thioether (sulfide) groups is 1. The van der Waals surface area contributed by atoms with Crippen molar-refractivity contribution in [2.75, 3.05) is 19.4 Å². The van der Waals surface area contributed by atoms with Crippen molar-refractivity contribution >= 4 is 46.1 Å². The third-order valence-corrected chi connectivity index (χ3v) is 6.78. The lowest BCUT2D eigenvalue weighted by Crippen LogP contribution is -2.32. The first kappa shape index (κ1) is 22.2. The summed E-state index contributed by atoms with van der Waals surface area (Å²) in [6.45, 7) is 0.184. The molecule has 0 aliphatic carbocycles. The number of halogens is 1. The summed E-state index contributed by atoms with van der Waals surface area (Å²) in [4.78, 5) is 44.6. The SMILES string of the molecule is COc1ccc(-n2c(SCCN3C(=O)c4ccccc4C3=O)nc3ccccc3c2=O)cc1Cl. The number of amides is 2. The Morgan fingerprint density at radius 3 is 2.29 bits per heavy atom. The van der Waals surface area contributed by atoms with Crippen molar-refractivity contribution in [3.8, 4) is 11.4 Å². The van der Waals surface area contributed by atoms with Gasteiger partial charge in [0.05, 0.1) is 39.8 Å². The summed E-state index contributed by atoms with van der Waals surface area (Å²) in [6.07, 6.45) is 0. The predicted molar refractivity (Wildman–Crippen MR) is 131 cm³/mol. The lowest BCUT2D eigenvalue weighted by Gasteiger charge is -2.16. The van der Waals surface area contributed by atoms with Gasteiger partial charge in [-0.15, -0.1) is 0 Å². The number of ether oxygens (including phenoxy) is 1. The average Bonchev–Trinajstić information content (AvgIpc) is 3.09. The zero-order valence-corrected chi connectivity index (χ0v) is 19.6. The molecule has 2 amide bonds. The van der Waals surface area contributed by atoms with Gasteiger partial charge in [0.15, 0.2) is 5.16 Å². The largest absolute Gasteiger partial charge is 0.495 e. The number of hydrogen-bond acceptors (Lipinski definition) is 6. The lowest BCUT2D eigenvalue weighted by atomic mass is 10.1. The molecule has 2 heterocycles. The predicted octanol–water partition coefficient (Wildman–Crippen LogP) is 4.44. The fourth-order valence-electron chi connectivity index (χ4n) is 3.90. The molecule has 0 N–H and O–H groups in total. The molecule has 170 valence electrons. The monoisotopic (exact) mass is 491 g/mol. The van der Waals surface area contributed by atoms with Gasteiger partial charge in [0.25, 0.3) is 17.4 Å². The van der Waals surface area contributed by atoms with E-state index in [1.165, 1.54) is 28.3 Å². The van der Waals surface area contributed by atoms with E-state index in [9.17, 15) is 14.4 Å². The summed E-state index contributed by atoms with van der Waals surface area (Å²) in [5.41, 5.74) is 1.68. The fourth-order valence-corrected chi connectivity index (χ4v) is 5.09. The maximum atomic E-state index is 13.4. The second-order valence-electron chi connectivity index (χ2n) is 7.53. The van der Waals surface area contributed by atoms with E-state index in [-0.39, 0.29) is 23.9 Å². The van der Waals surface area contributed by atoms with Crippen molar-refractivity contribution in [1.82, 2.24) is 14.5 Å². The number of methoxy groups -OCH3 is 1. The summed E-state index contributed by atoms with van der Waals surface area (Å²) in [7, 11) is 1.52. The van der Waals surface area contributed by atoms with E-state index >= 15 is 0 Å². The van der Waals surface area contributed by atoms with Gasteiger partial charge < -0.3 is 4.74 Å². The highest BCUT2D eigenvalue weighted by Gasteiger charge is 2.34. The molecule has 7 nitrogen and oxygen atoms in total. The molecule has 0 bridgehead atoms. The van der Waals surface area contributed by atoms with Crippen LogP contribution in [0.5, 0.6) is 5.75 Å². The zero-order valence-electron chi connectivity index (χ0n) is 18.0. The average molecular weight is 492 g/mol. The second-order valence-corrected chi connectivity index (χ2v) is 9.00. The van der Waals surface area contributed by atoms with Crippen molar-refractivity contribution in [3.05, 3.63) is 93.2 Å². The summed E-state index contributed by atoms with van der Waals surface area (Å²) in [5, 5.41) is 1.27. The molecule has 1 aliphatic heterocycles. The Morgan fingerprint density at radius 1 is 0.941 bits per heavy atom. The van der Waals surface area contributed by atoms with Crippen LogP contribution in [0.25, 0.3) is 16.6 Å². The van der Waals surface area contributed by atoms with Crippen LogP contribution in [0.2, 0.25) is 5.02 Å². The van der Waals surface area contributed by atoms with Crippen molar-refractivity contribution < 1.29 is 14.3 Å². The Kier molecular flexibility index (Phi) is 5.85. The number of imide groups is 1. The molecule has 4 aromatic rings. The third-order valence-electron chi connectivity index (χ3n) is 5.56. The van der Waals surface area contributed by atoms with Crippen molar-refractivity contribution in [1.29, 1.82) is 0 Å². The third kappa shape index (κ3) is 3.74. The van der Waals surface area contributed by atoms with Crippen LogP contribution in [-0.4, -0.2) is 45.7 Å². The van der Waals surface area contributed by atoms with Gasteiger partial charge >= 0.3 is 0 Å². The molecule has 0 spiro atoms. The molecule has 0 radical (unpaired) electrons. The number of benzene rings is 3. The van der Waals surface area contributed by atoms with Gasteiger partial charge in [-0.3, -0.25) is 23.9 Å². The minimum absolute atomic E-state index is 0.184. The molecule has 9 heteroatoms. The van der Waals surface area contributed by atoms with Crippen molar-refractivity contribution in [2.45, 2.75) is 5.16 Å². The number of carbonyl (C=O) groups excluding carboxylic acids is 2. The molecule has 0 unspecified atom stereocenters. The van der Waals surface area contributed by atoms with Gasteiger partial charge in [-0.05, 0) is 42.5 Å². The summed E-state index contributed by atoms with van der Waals surface area (Å²) in [6, 6.07) is 18.9. The fraction of sp³-hybridized carbons (Fsp3) is 0.120. The van der Waals surface area contributed by atoms with Crippen molar-refractivity contribution in [2.24, 2.45) is 0 Å². The van der Waals surface area contributed by atoms with Gasteiger partial charge in [0.1, 0.15) is 5.75 Å². The highest BCUT2D eigenvalue weighted by atomic mass is 35.5. The zero-order chi connectivity index (χ0) is 23.8. The van der Waals surface area contributed by atoms with E-state index in [0.717, 1.165) is 0 Å². The second kappa shape index (κ2) is 8.96. The van der Waals surface area contributed by atoms with E-state index in [2.05, 4.69) is 4.98 Å². The molecule has 0 saturated carbocycles. The van der Waals surface area contributed by atoms with E-state index in [4.69, 9.17) is 16.3 Å². The number of nitrogens with zero attached hydrogens (tertiary/aromatic N) is 3. The first-order valence-electron chi connectivity index (χ1n) is 10.4. The van der Waals surface area contributed by atoms with Gasteiger partial charge in [-0.1, -0.05) is 47.6 Å². The Balaban J connectivity index is 1.48. The molecule has 3 aromatic carbocycles. The maximum absolute atomic E-state index is 13.4. The van der Waals surface area contributed by atoms with Gasteiger partial charge in [-0.2, -0.15) is 0 Å². The smallest absolute Gasteiger partial charge is 0.266 e. The number of fused-ring (bicyclic) bond motifs is 2. The number of para-hydroxylation sites is 1. The first-order chi connectivity index (χ1) is 16.5. The topological polar surface area (TPSA) is 81.5 Å². The Labute approximate surface area is 203 Å². The molecule has 0 atom stereocenters. The summed E-state index contributed by atoms with van der Waals surface area (Å²) < 4.78 is 6.71. The molecular weight excluding hydrogens is 474 g/mol. The summed E-state index contributed by atoms with van der Waals surface area (Å²) >= 11 is 7.61. The number of rotatable bonds is 6. The Bertz CT molecular complexity index is 1480.